The van der Waals surface area contributed by atoms with Crippen molar-refractivity contribution in [3.63, 3.8) is 0 Å². The highest BCUT2D eigenvalue weighted by molar-refractivity contribution is 7.88. The predicted octanol–water partition coefficient (Wildman–Crippen LogP) is 4.40. The van der Waals surface area contributed by atoms with E-state index in [0.717, 1.165) is 34.9 Å². The second-order valence-corrected chi connectivity index (χ2v) is 12.4. The van der Waals surface area contributed by atoms with Crippen LogP contribution in [0.4, 0.5) is 0 Å². The molecule has 178 valence electrons. The van der Waals surface area contributed by atoms with Gasteiger partial charge >= 0.3 is 7.75 Å². The average Bonchev–Trinajstić information content (AvgIpc) is 3.48. The van der Waals surface area contributed by atoms with E-state index in [1.165, 1.54) is 7.11 Å². The van der Waals surface area contributed by atoms with Gasteiger partial charge in [-0.15, -0.1) is 0 Å². The third-order valence-electron chi connectivity index (χ3n) is 5.96. The second-order valence-electron chi connectivity index (χ2n) is 8.24. The maximum atomic E-state index is 13.2. The van der Waals surface area contributed by atoms with E-state index in [1.807, 2.05) is 42.6 Å². The number of nitrogens with zero attached hydrogens (tertiary/aromatic N) is 2. The molecule has 8 nitrogen and oxygen atoms in total. The number of benzene rings is 2. The van der Waals surface area contributed by atoms with Gasteiger partial charge in [-0.05, 0) is 55.6 Å². The Bertz CT molecular complexity index is 1240. The lowest BCUT2D eigenvalue weighted by Crippen LogP contribution is -2.29. The fourth-order valence-electron chi connectivity index (χ4n) is 4.06. The van der Waals surface area contributed by atoms with Crippen molar-refractivity contribution < 1.29 is 22.0 Å². The molecular weight excluding hydrogens is 461 g/mol. The molecule has 4 rings (SSSR count). The summed E-state index contributed by atoms with van der Waals surface area (Å²) in [6.45, 7) is 1.68. The van der Waals surface area contributed by atoms with E-state index in [-0.39, 0.29) is 5.75 Å². The largest absolute Gasteiger partial charge is 0.460 e. The summed E-state index contributed by atoms with van der Waals surface area (Å²) in [5.74, 6) is 0.492. The van der Waals surface area contributed by atoms with Gasteiger partial charge in [0.05, 0.1) is 5.75 Å². The number of rotatable bonds is 10. The summed E-state index contributed by atoms with van der Waals surface area (Å²) in [7, 11) is -3.68. The van der Waals surface area contributed by atoms with Gasteiger partial charge in [-0.1, -0.05) is 30.3 Å². The molecule has 33 heavy (non-hydrogen) atoms. The van der Waals surface area contributed by atoms with Crippen LogP contribution in [0.2, 0.25) is 0 Å². The monoisotopic (exact) mass is 491 g/mol. The zero-order chi connectivity index (χ0) is 23.5. The van der Waals surface area contributed by atoms with Crippen molar-refractivity contribution in [3.05, 3.63) is 65.9 Å². The highest BCUT2D eigenvalue weighted by Gasteiger charge is 2.31. The number of sulfonamides is 1. The van der Waals surface area contributed by atoms with Crippen LogP contribution in [0.5, 0.6) is 5.75 Å². The predicted molar refractivity (Wildman–Crippen MR) is 130 cm³/mol. The number of para-hydroxylation sites is 1. The molecule has 0 amide bonds. The molecule has 0 spiro atoms. The number of nitrogens with one attached hydrogen (secondary N) is 1. The molecule has 1 aliphatic rings. The van der Waals surface area contributed by atoms with Crippen LogP contribution in [-0.4, -0.2) is 56.2 Å². The van der Waals surface area contributed by atoms with Gasteiger partial charge in [-0.3, -0.25) is 4.52 Å². The molecule has 0 aliphatic carbocycles. The Balaban J connectivity index is 1.43. The summed E-state index contributed by atoms with van der Waals surface area (Å²) in [6.07, 6.45) is 4.39. The zero-order valence-electron chi connectivity index (χ0n) is 18.9. The smallest absolute Gasteiger partial charge is 0.413 e. The van der Waals surface area contributed by atoms with Gasteiger partial charge in [0.1, 0.15) is 5.75 Å². The molecule has 1 N–H and O–H groups in total. The molecule has 1 aromatic heterocycles. The van der Waals surface area contributed by atoms with Crippen molar-refractivity contribution in [2.24, 2.45) is 0 Å². The van der Waals surface area contributed by atoms with Crippen molar-refractivity contribution >= 4 is 28.7 Å². The van der Waals surface area contributed by atoms with E-state index in [1.54, 1.807) is 28.2 Å². The lowest BCUT2D eigenvalue weighted by molar-refractivity contribution is 0.260. The van der Waals surface area contributed by atoms with E-state index >= 15 is 0 Å². The van der Waals surface area contributed by atoms with Crippen LogP contribution in [0, 0.1) is 0 Å². The highest BCUT2D eigenvalue weighted by Crippen LogP contribution is 2.50. The minimum absolute atomic E-state index is 0.00781. The zero-order valence-corrected chi connectivity index (χ0v) is 20.6. The Morgan fingerprint density at radius 2 is 1.85 bits per heavy atom. The number of hydrogen-bond acceptors (Lipinski definition) is 5. The molecule has 2 heterocycles. The number of aromatic amines is 1. The second kappa shape index (κ2) is 9.99. The van der Waals surface area contributed by atoms with Crippen LogP contribution in [0.15, 0.2) is 54.7 Å². The summed E-state index contributed by atoms with van der Waals surface area (Å²) in [5, 5.41) is 1.02. The Morgan fingerprint density at radius 3 is 2.55 bits per heavy atom. The summed E-state index contributed by atoms with van der Waals surface area (Å²) < 4.78 is 52.5. The van der Waals surface area contributed by atoms with E-state index in [0.29, 0.717) is 31.8 Å². The SMILES string of the molecule is COP(=O)(Oc1ccccc1)N(C)CCc1c[nH]c2cc(CS(=O)(=O)N3CCCC3)ccc12. The van der Waals surface area contributed by atoms with Crippen LogP contribution in [-0.2, 0) is 31.3 Å². The standard InChI is InChI=1S/C23H30N3O5PS/c1-25(32(27,30-2)31-21-8-4-3-5-9-21)15-12-20-17-24-23-16-19(10-11-22(20)23)18-33(28,29)26-13-6-7-14-26/h3-5,8-11,16-17,24H,6-7,12-15,18H2,1-2H3. The quantitative estimate of drug-likeness (QED) is 0.423. The first-order chi connectivity index (χ1) is 15.8. The molecule has 1 fully saturated rings. The van der Waals surface area contributed by atoms with Gasteiger partial charge in [0, 0.05) is 43.8 Å². The van der Waals surface area contributed by atoms with E-state index in [4.69, 9.17) is 9.05 Å². The lowest BCUT2D eigenvalue weighted by atomic mass is 10.1. The van der Waals surface area contributed by atoms with Crippen LogP contribution in [0.1, 0.15) is 24.0 Å². The molecule has 1 aliphatic heterocycles. The van der Waals surface area contributed by atoms with Gasteiger partial charge in [0.2, 0.25) is 10.0 Å². The molecule has 2 aromatic carbocycles. The maximum Gasteiger partial charge on any atom is 0.460 e. The molecule has 0 bridgehead atoms. The number of fused-ring (bicyclic) bond motifs is 1. The highest BCUT2D eigenvalue weighted by atomic mass is 32.2. The fourth-order valence-corrected chi connectivity index (χ4v) is 6.89. The summed E-state index contributed by atoms with van der Waals surface area (Å²) in [6, 6.07) is 14.7. The van der Waals surface area contributed by atoms with Crippen molar-refractivity contribution in [2.75, 3.05) is 33.8 Å². The third-order valence-corrected chi connectivity index (χ3v) is 9.75. The average molecular weight is 492 g/mol. The molecule has 1 saturated heterocycles. The number of aromatic nitrogens is 1. The third kappa shape index (κ3) is 5.50. The van der Waals surface area contributed by atoms with Crippen LogP contribution in [0.3, 0.4) is 0 Å². The normalized spacial score (nSPS) is 16.9. The lowest BCUT2D eigenvalue weighted by Gasteiger charge is -2.25. The molecule has 1 unspecified atom stereocenters. The Labute approximate surface area is 195 Å². The van der Waals surface area contributed by atoms with Crippen LogP contribution < -0.4 is 4.52 Å². The van der Waals surface area contributed by atoms with Crippen molar-refractivity contribution in [2.45, 2.75) is 25.0 Å². The number of hydrogen-bond donors (Lipinski definition) is 1. The first-order valence-corrected chi connectivity index (χ1v) is 14.1. The molecule has 0 radical (unpaired) electrons. The van der Waals surface area contributed by atoms with E-state index in [9.17, 15) is 13.0 Å². The van der Waals surface area contributed by atoms with Gasteiger partial charge < -0.3 is 9.51 Å². The van der Waals surface area contributed by atoms with E-state index in [2.05, 4.69) is 4.98 Å². The Hall–Kier alpha value is -2.16. The van der Waals surface area contributed by atoms with Gasteiger partial charge in [-0.2, -0.15) is 0 Å². The van der Waals surface area contributed by atoms with Crippen molar-refractivity contribution in [3.8, 4) is 5.75 Å². The topological polar surface area (TPSA) is 91.9 Å². The van der Waals surface area contributed by atoms with Crippen LogP contribution >= 0.6 is 7.75 Å². The van der Waals surface area contributed by atoms with Gasteiger partial charge in [-0.25, -0.2) is 22.0 Å². The minimum Gasteiger partial charge on any atom is -0.413 e. The van der Waals surface area contributed by atoms with Crippen molar-refractivity contribution in [1.29, 1.82) is 0 Å². The van der Waals surface area contributed by atoms with Crippen LogP contribution in [0.25, 0.3) is 10.9 Å². The van der Waals surface area contributed by atoms with Gasteiger partial charge in [0.25, 0.3) is 0 Å². The van der Waals surface area contributed by atoms with E-state index < -0.39 is 17.8 Å². The van der Waals surface area contributed by atoms with Crippen molar-refractivity contribution in [1.82, 2.24) is 14.0 Å². The molecule has 10 heteroatoms. The fraction of sp³-hybridized carbons (Fsp3) is 0.391. The first-order valence-electron chi connectivity index (χ1n) is 11.0. The first kappa shape index (κ1) is 24.0. The number of H-pyrrole nitrogens is 1. The summed E-state index contributed by atoms with van der Waals surface area (Å²) >= 11 is 0. The van der Waals surface area contributed by atoms with Gasteiger partial charge in [0.15, 0.2) is 0 Å². The Kier molecular flexibility index (Phi) is 7.26. The molecular formula is C23H30N3O5PS. The minimum atomic E-state index is -3.48. The molecule has 1 atom stereocenters. The molecule has 3 aromatic rings. The maximum absolute atomic E-state index is 13.2. The summed E-state index contributed by atoms with van der Waals surface area (Å²) in [4.78, 5) is 3.24. The Morgan fingerprint density at radius 1 is 1.12 bits per heavy atom. The number of likely N-dealkylation sites (N-methyl/N-ethyl adjacent to an activating group) is 1. The summed E-state index contributed by atoms with van der Waals surface area (Å²) in [5.41, 5.74) is 2.70. The molecule has 0 saturated carbocycles.